The Labute approximate surface area is 119 Å². The van der Waals surface area contributed by atoms with Crippen LogP contribution in [-0.4, -0.2) is 33.6 Å². The molecule has 0 fully saturated rings. The normalized spacial score (nSPS) is 12.2. The molecule has 19 heavy (non-hydrogen) atoms. The number of anilines is 1. The number of aromatic carboxylic acids is 1. The Kier molecular flexibility index (Phi) is 6.70. The van der Waals surface area contributed by atoms with Crippen molar-refractivity contribution >= 4 is 23.5 Å². The van der Waals surface area contributed by atoms with Gasteiger partial charge in [-0.3, -0.25) is 0 Å². The zero-order valence-electron chi connectivity index (χ0n) is 11.8. The van der Waals surface area contributed by atoms with Crippen LogP contribution in [0.25, 0.3) is 0 Å². The van der Waals surface area contributed by atoms with Crippen molar-refractivity contribution in [3.8, 4) is 0 Å². The predicted octanol–water partition coefficient (Wildman–Crippen LogP) is 3.29. The summed E-state index contributed by atoms with van der Waals surface area (Å²) >= 11 is 1.85. The maximum absolute atomic E-state index is 11.1. The van der Waals surface area contributed by atoms with Crippen LogP contribution >= 0.6 is 11.8 Å². The average molecular weight is 282 g/mol. The van der Waals surface area contributed by atoms with E-state index >= 15 is 0 Å². The molecule has 0 aliphatic heterocycles. The lowest BCUT2D eigenvalue weighted by atomic mass is 10.1. The molecule has 0 bridgehead atoms. The van der Waals surface area contributed by atoms with Crippen LogP contribution in [0.4, 0.5) is 5.82 Å². The quantitative estimate of drug-likeness (QED) is 0.766. The third-order valence-corrected chi connectivity index (χ3v) is 3.74. The maximum Gasteiger partial charge on any atom is 0.335 e. The summed E-state index contributed by atoms with van der Waals surface area (Å²) in [4.78, 5) is 15.6. The standard InChI is InChI=1S/C14H22N2O2S/c1-4-6-12-7-11(14(17)18)8-13(16-12)15-10(3)9-19-5-2/h7-8,10H,4-6,9H2,1-3H3,(H,15,16)(H,17,18). The van der Waals surface area contributed by atoms with E-state index in [9.17, 15) is 4.79 Å². The number of hydrogen-bond acceptors (Lipinski definition) is 4. The van der Waals surface area contributed by atoms with E-state index in [2.05, 4.69) is 31.1 Å². The minimum absolute atomic E-state index is 0.274. The third kappa shape index (κ3) is 5.51. The molecule has 0 spiro atoms. The van der Waals surface area contributed by atoms with Crippen molar-refractivity contribution in [2.24, 2.45) is 0 Å². The van der Waals surface area contributed by atoms with Gasteiger partial charge in [0, 0.05) is 17.5 Å². The highest BCUT2D eigenvalue weighted by molar-refractivity contribution is 7.99. The van der Waals surface area contributed by atoms with Crippen molar-refractivity contribution in [3.63, 3.8) is 0 Å². The molecular weight excluding hydrogens is 260 g/mol. The number of carboxylic acid groups (broad SMARTS) is 1. The van der Waals surface area contributed by atoms with Crippen molar-refractivity contribution in [1.29, 1.82) is 0 Å². The van der Waals surface area contributed by atoms with Crippen molar-refractivity contribution in [3.05, 3.63) is 23.4 Å². The maximum atomic E-state index is 11.1. The zero-order chi connectivity index (χ0) is 14.3. The number of thioether (sulfide) groups is 1. The van der Waals surface area contributed by atoms with Crippen LogP contribution in [-0.2, 0) is 6.42 Å². The second-order valence-corrected chi connectivity index (χ2v) is 5.81. The van der Waals surface area contributed by atoms with Crippen LogP contribution in [0.1, 0.15) is 43.2 Å². The Bertz CT molecular complexity index is 424. The largest absolute Gasteiger partial charge is 0.478 e. The number of aryl methyl sites for hydroxylation is 1. The van der Waals surface area contributed by atoms with E-state index < -0.39 is 5.97 Å². The first-order valence-electron chi connectivity index (χ1n) is 6.65. The highest BCUT2D eigenvalue weighted by atomic mass is 32.2. The molecular formula is C14H22N2O2S. The molecule has 1 heterocycles. The second-order valence-electron chi connectivity index (χ2n) is 4.49. The second kappa shape index (κ2) is 8.04. The third-order valence-electron chi connectivity index (χ3n) is 2.60. The van der Waals surface area contributed by atoms with Crippen LogP contribution in [0.3, 0.4) is 0 Å². The Morgan fingerprint density at radius 2 is 2.21 bits per heavy atom. The highest BCUT2D eigenvalue weighted by Crippen LogP contribution is 2.14. The summed E-state index contributed by atoms with van der Waals surface area (Å²) in [7, 11) is 0. The van der Waals surface area contributed by atoms with Gasteiger partial charge in [-0.1, -0.05) is 20.3 Å². The molecule has 1 rings (SSSR count). The van der Waals surface area contributed by atoms with Gasteiger partial charge in [0.15, 0.2) is 0 Å². The van der Waals surface area contributed by atoms with Crippen LogP contribution in [0.2, 0.25) is 0 Å². The van der Waals surface area contributed by atoms with E-state index in [4.69, 9.17) is 5.11 Å². The fourth-order valence-corrected chi connectivity index (χ4v) is 2.43. The van der Waals surface area contributed by atoms with Crippen molar-refractivity contribution in [1.82, 2.24) is 4.98 Å². The summed E-state index contributed by atoms with van der Waals surface area (Å²) in [5.74, 6) is 1.82. The summed E-state index contributed by atoms with van der Waals surface area (Å²) in [5, 5.41) is 12.4. The lowest BCUT2D eigenvalue weighted by molar-refractivity contribution is 0.0696. The number of hydrogen-bond donors (Lipinski definition) is 2. The van der Waals surface area contributed by atoms with E-state index in [1.807, 2.05) is 11.8 Å². The number of nitrogens with zero attached hydrogens (tertiary/aromatic N) is 1. The van der Waals surface area contributed by atoms with Gasteiger partial charge in [0.2, 0.25) is 0 Å². The Balaban J connectivity index is 2.83. The topological polar surface area (TPSA) is 62.2 Å². The van der Waals surface area contributed by atoms with Crippen molar-refractivity contribution < 1.29 is 9.90 Å². The minimum Gasteiger partial charge on any atom is -0.478 e. The number of rotatable bonds is 8. The smallest absolute Gasteiger partial charge is 0.335 e. The molecule has 0 amide bonds. The van der Waals surface area contributed by atoms with Crippen LogP contribution < -0.4 is 5.32 Å². The number of nitrogens with one attached hydrogen (secondary N) is 1. The molecule has 1 atom stereocenters. The monoisotopic (exact) mass is 282 g/mol. The average Bonchev–Trinajstić information content (AvgIpc) is 2.36. The minimum atomic E-state index is -0.904. The van der Waals surface area contributed by atoms with Crippen LogP contribution in [0, 0.1) is 0 Å². The summed E-state index contributed by atoms with van der Waals surface area (Å²) < 4.78 is 0. The Morgan fingerprint density at radius 3 is 2.79 bits per heavy atom. The lowest BCUT2D eigenvalue weighted by Crippen LogP contribution is -2.19. The first kappa shape index (κ1) is 15.8. The SMILES string of the molecule is CCCc1cc(C(=O)O)cc(NC(C)CSCC)n1. The predicted molar refractivity (Wildman–Crippen MR) is 81.3 cm³/mol. The number of aromatic nitrogens is 1. The summed E-state index contributed by atoms with van der Waals surface area (Å²) in [5.41, 5.74) is 1.14. The van der Waals surface area contributed by atoms with Gasteiger partial charge in [-0.25, -0.2) is 9.78 Å². The van der Waals surface area contributed by atoms with Gasteiger partial charge in [-0.2, -0.15) is 11.8 Å². The van der Waals surface area contributed by atoms with E-state index in [1.165, 1.54) is 0 Å². The molecule has 2 N–H and O–H groups in total. The number of pyridine rings is 1. The molecule has 1 aromatic rings. The molecule has 0 aromatic carbocycles. The molecule has 0 saturated carbocycles. The number of carbonyl (C=O) groups is 1. The van der Waals surface area contributed by atoms with Gasteiger partial charge >= 0.3 is 5.97 Å². The van der Waals surface area contributed by atoms with Gasteiger partial charge in [0.05, 0.1) is 5.56 Å². The van der Waals surface area contributed by atoms with E-state index in [1.54, 1.807) is 12.1 Å². The number of carboxylic acids is 1. The fourth-order valence-electron chi connectivity index (χ4n) is 1.76. The molecule has 5 heteroatoms. The molecule has 0 aliphatic carbocycles. The van der Waals surface area contributed by atoms with E-state index in [0.29, 0.717) is 11.4 Å². The first-order valence-corrected chi connectivity index (χ1v) is 7.80. The fraction of sp³-hybridized carbons (Fsp3) is 0.571. The molecule has 0 aliphatic rings. The van der Waals surface area contributed by atoms with E-state index in [-0.39, 0.29) is 6.04 Å². The first-order chi connectivity index (χ1) is 9.06. The van der Waals surface area contributed by atoms with Crippen molar-refractivity contribution in [2.45, 2.75) is 39.7 Å². The summed E-state index contributed by atoms with van der Waals surface area (Å²) in [6.07, 6.45) is 1.75. The van der Waals surface area contributed by atoms with Crippen LogP contribution in [0.15, 0.2) is 12.1 Å². The summed E-state index contributed by atoms with van der Waals surface area (Å²) in [6.45, 7) is 6.26. The molecule has 0 saturated heterocycles. The summed E-state index contributed by atoms with van der Waals surface area (Å²) in [6, 6.07) is 3.54. The highest BCUT2D eigenvalue weighted by Gasteiger charge is 2.10. The molecule has 4 nitrogen and oxygen atoms in total. The van der Waals surface area contributed by atoms with Crippen LogP contribution in [0.5, 0.6) is 0 Å². The van der Waals surface area contributed by atoms with Crippen molar-refractivity contribution in [2.75, 3.05) is 16.8 Å². The van der Waals surface area contributed by atoms with Gasteiger partial charge in [0.25, 0.3) is 0 Å². The van der Waals surface area contributed by atoms with Gasteiger partial charge in [-0.05, 0) is 31.2 Å². The molecule has 0 radical (unpaired) electrons. The van der Waals surface area contributed by atoms with Gasteiger partial charge in [-0.15, -0.1) is 0 Å². The molecule has 1 aromatic heterocycles. The van der Waals surface area contributed by atoms with Gasteiger partial charge < -0.3 is 10.4 Å². The zero-order valence-corrected chi connectivity index (χ0v) is 12.6. The lowest BCUT2D eigenvalue weighted by Gasteiger charge is -2.15. The van der Waals surface area contributed by atoms with Gasteiger partial charge in [0.1, 0.15) is 5.82 Å². The van der Waals surface area contributed by atoms with E-state index in [0.717, 1.165) is 30.0 Å². The Morgan fingerprint density at radius 1 is 1.47 bits per heavy atom. The Hall–Kier alpha value is -1.23. The molecule has 106 valence electrons. The molecule has 1 unspecified atom stereocenters.